The van der Waals surface area contributed by atoms with Gasteiger partial charge in [-0.15, -0.1) is 6.42 Å². The van der Waals surface area contributed by atoms with E-state index in [0.29, 0.717) is 5.56 Å². The molecule has 0 saturated heterocycles. The highest BCUT2D eigenvalue weighted by atomic mass is 32.2. The fraction of sp³-hybridized carbons (Fsp3) is 0. The van der Waals surface area contributed by atoms with Crippen molar-refractivity contribution < 1.29 is 12.8 Å². The van der Waals surface area contributed by atoms with Crippen LogP contribution in [0, 0.1) is 18.2 Å². The highest BCUT2D eigenvalue weighted by Crippen LogP contribution is 2.22. The molecule has 2 aromatic carbocycles. The van der Waals surface area contributed by atoms with E-state index in [4.69, 9.17) is 12.2 Å². The normalized spacial score (nSPS) is 10.8. The molecule has 2 rings (SSSR count). The zero-order valence-corrected chi connectivity index (χ0v) is 11.1. The Bertz CT molecular complexity index is 795. The predicted molar refractivity (Wildman–Crippen MR) is 76.0 cm³/mol. The van der Waals surface area contributed by atoms with Crippen LogP contribution in [0.4, 0.5) is 15.8 Å². The second-order valence-electron chi connectivity index (χ2n) is 4.01. The first-order chi connectivity index (χ1) is 9.42. The molecule has 3 N–H and O–H groups in total. The molecule has 0 aliphatic rings. The summed E-state index contributed by atoms with van der Waals surface area (Å²) in [4.78, 5) is -0.316. The van der Waals surface area contributed by atoms with Crippen LogP contribution in [-0.2, 0) is 10.0 Å². The third kappa shape index (κ3) is 2.90. The van der Waals surface area contributed by atoms with E-state index >= 15 is 0 Å². The van der Waals surface area contributed by atoms with Crippen LogP contribution in [0.25, 0.3) is 0 Å². The van der Waals surface area contributed by atoms with Gasteiger partial charge in [-0.1, -0.05) is 12.0 Å². The fourth-order valence-electron chi connectivity index (χ4n) is 1.62. The van der Waals surface area contributed by atoms with E-state index in [2.05, 4.69) is 10.6 Å². The second-order valence-corrected chi connectivity index (χ2v) is 5.66. The summed E-state index contributed by atoms with van der Waals surface area (Å²) in [6.07, 6.45) is 5.24. The lowest BCUT2D eigenvalue weighted by molar-refractivity contribution is 0.596. The molecule has 0 spiro atoms. The van der Waals surface area contributed by atoms with Gasteiger partial charge in [0.2, 0.25) is 0 Å². The van der Waals surface area contributed by atoms with Crippen molar-refractivity contribution in [1.29, 1.82) is 0 Å². The lowest BCUT2D eigenvalue weighted by Crippen LogP contribution is -2.15. The quantitative estimate of drug-likeness (QED) is 0.672. The van der Waals surface area contributed by atoms with Gasteiger partial charge in [-0.2, -0.15) is 0 Å². The van der Waals surface area contributed by atoms with Crippen LogP contribution in [0.2, 0.25) is 0 Å². The average molecular weight is 290 g/mol. The summed E-state index contributed by atoms with van der Waals surface area (Å²) in [6.45, 7) is 0. The van der Waals surface area contributed by atoms with Crippen molar-refractivity contribution in [3.8, 4) is 12.3 Å². The molecule has 20 heavy (non-hydrogen) atoms. The molecule has 0 amide bonds. The fourth-order valence-corrected chi connectivity index (χ4v) is 2.82. The average Bonchev–Trinajstić information content (AvgIpc) is 2.41. The molecule has 0 fully saturated rings. The molecular formula is C14H11FN2O2S. The molecule has 0 atom stereocenters. The zero-order valence-electron chi connectivity index (χ0n) is 10.3. The van der Waals surface area contributed by atoms with E-state index in [1.165, 1.54) is 18.2 Å². The van der Waals surface area contributed by atoms with E-state index in [1.54, 1.807) is 12.1 Å². The van der Waals surface area contributed by atoms with Crippen molar-refractivity contribution in [3.63, 3.8) is 0 Å². The molecule has 0 heterocycles. The molecule has 0 aliphatic carbocycles. The summed E-state index contributed by atoms with van der Waals surface area (Å²) in [5.74, 6) is 1.71. The van der Waals surface area contributed by atoms with Gasteiger partial charge in [0.25, 0.3) is 10.0 Å². The highest BCUT2D eigenvalue weighted by Gasteiger charge is 2.18. The SMILES string of the molecule is C#Cc1cccc(NS(=O)(=O)c2cc(F)ccc2N)c1. The molecule has 6 heteroatoms. The van der Waals surface area contributed by atoms with Crippen LogP contribution in [0.5, 0.6) is 0 Å². The van der Waals surface area contributed by atoms with Gasteiger partial charge < -0.3 is 5.73 Å². The van der Waals surface area contributed by atoms with Crippen LogP contribution < -0.4 is 10.5 Å². The Morgan fingerprint density at radius 2 is 1.95 bits per heavy atom. The minimum atomic E-state index is -3.98. The molecule has 0 saturated carbocycles. The molecule has 0 bridgehead atoms. The van der Waals surface area contributed by atoms with Gasteiger partial charge in [0.05, 0.1) is 11.4 Å². The summed E-state index contributed by atoms with van der Waals surface area (Å²) in [5, 5.41) is 0. The lowest BCUT2D eigenvalue weighted by Gasteiger charge is -2.10. The Balaban J connectivity index is 2.41. The molecule has 0 unspecified atom stereocenters. The Hall–Kier alpha value is -2.52. The number of hydrogen-bond donors (Lipinski definition) is 2. The number of hydrogen-bond acceptors (Lipinski definition) is 3. The molecule has 0 aliphatic heterocycles. The van der Waals surface area contributed by atoms with E-state index in [9.17, 15) is 12.8 Å². The zero-order chi connectivity index (χ0) is 14.8. The first-order valence-corrected chi connectivity index (χ1v) is 7.05. The van der Waals surface area contributed by atoms with Gasteiger partial charge in [0.15, 0.2) is 0 Å². The maximum absolute atomic E-state index is 13.2. The molecule has 102 valence electrons. The van der Waals surface area contributed by atoms with Crippen LogP contribution in [0.15, 0.2) is 47.4 Å². The van der Waals surface area contributed by atoms with Gasteiger partial charge in [-0.05, 0) is 36.4 Å². The summed E-state index contributed by atoms with van der Waals surface area (Å²) < 4.78 is 39.8. The van der Waals surface area contributed by atoms with Crippen LogP contribution in [0.1, 0.15) is 5.56 Å². The topological polar surface area (TPSA) is 72.2 Å². The predicted octanol–water partition coefficient (Wildman–Crippen LogP) is 2.19. The first kappa shape index (κ1) is 13.9. The molecule has 0 aromatic heterocycles. The van der Waals surface area contributed by atoms with Gasteiger partial charge in [-0.25, -0.2) is 12.8 Å². The van der Waals surface area contributed by atoms with Gasteiger partial charge in [0.1, 0.15) is 10.7 Å². The summed E-state index contributed by atoms with van der Waals surface area (Å²) in [6, 6.07) is 9.45. The summed E-state index contributed by atoms with van der Waals surface area (Å²) >= 11 is 0. The van der Waals surface area contributed by atoms with Crippen molar-refractivity contribution in [2.45, 2.75) is 4.90 Å². The number of benzene rings is 2. The Kier molecular flexibility index (Phi) is 3.63. The maximum atomic E-state index is 13.2. The Morgan fingerprint density at radius 1 is 1.20 bits per heavy atom. The van der Waals surface area contributed by atoms with Crippen molar-refractivity contribution in [1.82, 2.24) is 0 Å². The standard InChI is InChI=1S/C14H11FN2O2S/c1-2-10-4-3-5-12(8-10)17-20(18,19)14-9-11(15)6-7-13(14)16/h1,3-9,17H,16H2. The van der Waals surface area contributed by atoms with E-state index in [1.807, 2.05) is 0 Å². The third-order valence-electron chi connectivity index (χ3n) is 2.55. The minimum absolute atomic E-state index is 0.0352. The largest absolute Gasteiger partial charge is 0.398 e. The van der Waals surface area contributed by atoms with Crippen molar-refractivity contribution in [2.75, 3.05) is 10.5 Å². The van der Waals surface area contributed by atoms with Crippen molar-refractivity contribution in [2.24, 2.45) is 0 Å². The van der Waals surface area contributed by atoms with Gasteiger partial charge >= 0.3 is 0 Å². The van der Waals surface area contributed by atoms with Crippen molar-refractivity contribution in [3.05, 3.63) is 53.8 Å². The number of terminal acetylenes is 1. The Labute approximate surface area is 116 Å². The smallest absolute Gasteiger partial charge is 0.264 e. The molecular weight excluding hydrogens is 279 g/mol. The van der Waals surface area contributed by atoms with Crippen molar-refractivity contribution >= 4 is 21.4 Å². The molecule has 4 nitrogen and oxygen atoms in total. The van der Waals surface area contributed by atoms with E-state index in [0.717, 1.165) is 12.1 Å². The summed E-state index contributed by atoms with van der Waals surface area (Å²) in [5.41, 5.74) is 6.34. The van der Waals surface area contributed by atoms with Crippen LogP contribution in [-0.4, -0.2) is 8.42 Å². The Morgan fingerprint density at radius 3 is 2.65 bits per heavy atom. The molecule has 0 radical (unpaired) electrons. The van der Waals surface area contributed by atoms with Crippen LogP contribution in [0.3, 0.4) is 0 Å². The van der Waals surface area contributed by atoms with E-state index < -0.39 is 15.8 Å². The lowest BCUT2D eigenvalue weighted by atomic mass is 10.2. The number of nitrogens with one attached hydrogen (secondary N) is 1. The number of halogens is 1. The maximum Gasteiger partial charge on any atom is 0.264 e. The number of rotatable bonds is 3. The monoisotopic (exact) mass is 290 g/mol. The van der Waals surface area contributed by atoms with E-state index in [-0.39, 0.29) is 16.3 Å². The van der Waals surface area contributed by atoms with Gasteiger partial charge in [0, 0.05) is 5.56 Å². The molecule has 2 aromatic rings. The minimum Gasteiger partial charge on any atom is -0.398 e. The number of nitrogens with two attached hydrogens (primary N) is 1. The first-order valence-electron chi connectivity index (χ1n) is 5.57. The second kappa shape index (κ2) is 5.23. The number of anilines is 2. The number of nitrogen functional groups attached to an aromatic ring is 1. The third-order valence-corrected chi connectivity index (χ3v) is 3.98. The van der Waals surface area contributed by atoms with Gasteiger partial charge in [-0.3, -0.25) is 4.72 Å². The summed E-state index contributed by atoms with van der Waals surface area (Å²) in [7, 11) is -3.98. The van der Waals surface area contributed by atoms with Crippen LogP contribution >= 0.6 is 0 Å². The highest BCUT2D eigenvalue weighted by molar-refractivity contribution is 7.92. The number of sulfonamides is 1.